The van der Waals surface area contributed by atoms with Crippen molar-refractivity contribution in [2.24, 2.45) is 0 Å². The molecule has 2 rings (SSSR count). The number of rotatable bonds is 2. The molecule has 0 aliphatic heterocycles. The highest BCUT2D eigenvalue weighted by Crippen LogP contribution is 2.51. The standard InChI is InChI=1S/C12H11ClF3S.ClH/c1-2-3-10-6-8-4-5-9(13)7-11(8)17(10)12(14,15)16;/h4-7H,2-3H2,1H3;1H/q+1;/p-1. The summed E-state index contributed by atoms with van der Waals surface area (Å²) in [7, 11) is -1.79. The Morgan fingerprint density at radius 2 is 1.89 bits per heavy atom. The fourth-order valence-corrected chi connectivity index (χ4v) is 4.20. The molecule has 0 N–H and O–H groups in total. The largest absolute Gasteiger partial charge is 1.00 e. The van der Waals surface area contributed by atoms with Gasteiger partial charge in [-0.2, -0.15) is 0 Å². The number of fused-ring (bicyclic) bond motifs is 1. The minimum absolute atomic E-state index is 0. The highest BCUT2D eigenvalue weighted by Gasteiger charge is 2.47. The maximum atomic E-state index is 13.1. The zero-order valence-corrected chi connectivity index (χ0v) is 11.9. The number of halogens is 5. The summed E-state index contributed by atoms with van der Waals surface area (Å²) in [6, 6.07) is 6.38. The van der Waals surface area contributed by atoms with Crippen molar-refractivity contribution in [1.29, 1.82) is 0 Å². The van der Waals surface area contributed by atoms with Gasteiger partial charge >= 0.3 is 5.51 Å². The predicted octanol–water partition coefficient (Wildman–Crippen LogP) is 2.68. The Balaban J connectivity index is 0.00000162. The number of thiophene rings is 1. The summed E-state index contributed by atoms with van der Waals surface area (Å²) in [6.07, 6.45) is 1.20. The first-order valence-electron chi connectivity index (χ1n) is 5.24. The smallest absolute Gasteiger partial charge is 0.600 e. The highest BCUT2D eigenvalue weighted by atomic mass is 35.5. The Hall–Kier alpha value is -0.450. The molecule has 0 spiro atoms. The van der Waals surface area contributed by atoms with Crippen LogP contribution in [-0.4, -0.2) is 0 Å². The predicted molar refractivity (Wildman–Crippen MR) is 66.7 cm³/mol. The first-order chi connectivity index (χ1) is 7.93. The van der Waals surface area contributed by atoms with E-state index < -0.39 is 16.0 Å². The monoisotopic (exact) mass is 314 g/mol. The van der Waals surface area contributed by atoms with Crippen LogP contribution in [0.1, 0.15) is 18.2 Å². The first kappa shape index (κ1) is 15.6. The van der Waals surface area contributed by atoms with Crippen molar-refractivity contribution < 1.29 is 25.6 Å². The van der Waals surface area contributed by atoms with Crippen LogP contribution >= 0.6 is 22.1 Å². The summed E-state index contributed by atoms with van der Waals surface area (Å²) < 4.78 is 39.5. The molecule has 0 aliphatic rings. The van der Waals surface area contributed by atoms with Crippen molar-refractivity contribution in [2.45, 2.75) is 25.3 Å². The van der Waals surface area contributed by atoms with Crippen LogP contribution in [0.3, 0.4) is 0 Å². The molecule has 0 amide bonds. The molecule has 1 aromatic heterocycles. The molecule has 0 fully saturated rings. The van der Waals surface area contributed by atoms with Gasteiger partial charge in [0, 0.05) is 29.0 Å². The maximum Gasteiger partial charge on any atom is 0.600 e. The number of aryl methyl sites for hydroxylation is 1. The van der Waals surface area contributed by atoms with Gasteiger partial charge in [0.05, 0.1) is 10.5 Å². The Morgan fingerprint density at radius 3 is 2.44 bits per heavy atom. The van der Waals surface area contributed by atoms with Gasteiger partial charge in [-0.05, 0) is 18.6 Å². The quantitative estimate of drug-likeness (QED) is 0.748. The Kier molecular flexibility index (Phi) is 4.92. The van der Waals surface area contributed by atoms with Crippen molar-refractivity contribution in [3.8, 4) is 0 Å². The molecule has 0 bridgehead atoms. The van der Waals surface area contributed by atoms with Crippen LogP contribution in [0.25, 0.3) is 10.1 Å². The Labute approximate surface area is 117 Å². The van der Waals surface area contributed by atoms with Gasteiger partial charge in [0.2, 0.25) is 0 Å². The van der Waals surface area contributed by atoms with E-state index in [1.54, 1.807) is 18.2 Å². The molecule has 1 heterocycles. The van der Waals surface area contributed by atoms with E-state index in [4.69, 9.17) is 11.6 Å². The van der Waals surface area contributed by atoms with Gasteiger partial charge in [0.15, 0.2) is 9.58 Å². The van der Waals surface area contributed by atoms with Crippen LogP contribution in [-0.2, 0) is 11.9 Å². The molecule has 18 heavy (non-hydrogen) atoms. The van der Waals surface area contributed by atoms with E-state index in [9.17, 15) is 13.2 Å². The minimum Gasteiger partial charge on any atom is -1.00 e. The number of hydrogen-bond acceptors (Lipinski definition) is 0. The lowest BCUT2D eigenvalue weighted by Gasteiger charge is -1.99. The molecule has 100 valence electrons. The number of benzene rings is 1. The molecule has 0 saturated carbocycles. The van der Waals surface area contributed by atoms with Crippen molar-refractivity contribution >= 4 is 32.2 Å². The van der Waals surface area contributed by atoms with E-state index in [1.165, 1.54) is 6.07 Å². The van der Waals surface area contributed by atoms with Crippen molar-refractivity contribution in [3.05, 3.63) is 34.2 Å². The van der Waals surface area contributed by atoms with E-state index in [1.807, 2.05) is 6.92 Å². The van der Waals surface area contributed by atoms with Gasteiger partial charge in [-0.25, -0.2) is 0 Å². The van der Waals surface area contributed by atoms with Crippen LogP contribution in [0.2, 0.25) is 5.02 Å². The zero-order valence-electron chi connectivity index (χ0n) is 9.52. The molecule has 0 nitrogen and oxygen atoms in total. The molecule has 1 aromatic carbocycles. The Bertz CT molecular complexity index is 546. The minimum atomic E-state index is -4.21. The van der Waals surface area contributed by atoms with Gasteiger partial charge in [0.1, 0.15) is 0 Å². The highest BCUT2D eigenvalue weighted by molar-refractivity contribution is 7.38. The summed E-state index contributed by atoms with van der Waals surface area (Å²) in [4.78, 5) is 0.470. The SMILES string of the molecule is CCCc1cc2ccc(Cl)cc2[s+]1C(F)(F)F.[Cl-]. The summed E-state index contributed by atoms with van der Waals surface area (Å²) in [5, 5.41) is 1.01. The van der Waals surface area contributed by atoms with E-state index in [0.717, 1.165) is 0 Å². The molecule has 2 aromatic rings. The summed E-state index contributed by atoms with van der Waals surface area (Å²) in [5.74, 6) is 0. The van der Waals surface area contributed by atoms with Crippen molar-refractivity contribution in [2.75, 3.05) is 0 Å². The molecule has 1 unspecified atom stereocenters. The lowest BCUT2D eigenvalue weighted by atomic mass is 10.2. The normalized spacial score (nSPS) is 12.6. The lowest BCUT2D eigenvalue weighted by Crippen LogP contribution is -3.00. The van der Waals surface area contributed by atoms with Gasteiger partial charge in [-0.3, -0.25) is 0 Å². The molecule has 0 radical (unpaired) electrons. The zero-order chi connectivity index (χ0) is 12.6. The van der Waals surface area contributed by atoms with Crippen LogP contribution in [0.5, 0.6) is 0 Å². The fraction of sp³-hybridized carbons (Fsp3) is 0.333. The fourth-order valence-electron chi connectivity index (χ4n) is 1.87. The number of hydrogen-bond donors (Lipinski definition) is 0. The molecule has 1 atom stereocenters. The molecular weight excluding hydrogens is 304 g/mol. The third-order valence-corrected chi connectivity index (χ3v) is 4.84. The number of alkyl halides is 3. The first-order valence-corrected chi connectivity index (χ1v) is 6.85. The average molecular weight is 315 g/mol. The summed E-state index contributed by atoms with van der Waals surface area (Å²) in [5.41, 5.74) is -4.21. The third-order valence-electron chi connectivity index (χ3n) is 2.50. The van der Waals surface area contributed by atoms with Gasteiger partial charge in [0.25, 0.3) is 0 Å². The van der Waals surface area contributed by atoms with Gasteiger partial charge in [-0.1, -0.05) is 18.5 Å². The van der Waals surface area contributed by atoms with E-state index in [-0.39, 0.29) is 12.4 Å². The van der Waals surface area contributed by atoms with Crippen LogP contribution in [0, 0.1) is 0 Å². The van der Waals surface area contributed by atoms with Gasteiger partial charge in [-0.15, -0.1) is 13.2 Å². The van der Waals surface area contributed by atoms with Gasteiger partial charge < -0.3 is 12.4 Å². The Morgan fingerprint density at radius 1 is 1.22 bits per heavy atom. The van der Waals surface area contributed by atoms with Crippen molar-refractivity contribution in [1.82, 2.24) is 0 Å². The summed E-state index contributed by atoms with van der Waals surface area (Å²) in [6.45, 7) is 1.88. The molecular formula is C12H11Cl2F3S. The lowest BCUT2D eigenvalue weighted by molar-refractivity contribution is -0.0867. The summed E-state index contributed by atoms with van der Waals surface area (Å²) >= 11 is 5.78. The van der Waals surface area contributed by atoms with Crippen LogP contribution in [0.15, 0.2) is 24.3 Å². The van der Waals surface area contributed by atoms with Crippen molar-refractivity contribution in [3.63, 3.8) is 0 Å². The van der Waals surface area contributed by atoms with E-state index >= 15 is 0 Å². The average Bonchev–Trinajstić information content (AvgIpc) is 2.54. The molecule has 6 heteroatoms. The second-order valence-corrected chi connectivity index (χ2v) is 6.27. The maximum absolute atomic E-state index is 13.1. The van der Waals surface area contributed by atoms with Crippen LogP contribution in [0.4, 0.5) is 13.2 Å². The third kappa shape index (κ3) is 2.92. The van der Waals surface area contributed by atoms with E-state index in [2.05, 4.69) is 0 Å². The molecule has 0 saturated heterocycles. The molecule has 0 aliphatic carbocycles. The van der Waals surface area contributed by atoms with Crippen LogP contribution < -0.4 is 12.4 Å². The van der Waals surface area contributed by atoms with E-state index in [0.29, 0.717) is 32.8 Å². The topological polar surface area (TPSA) is 0 Å². The second-order valence-electron chi connectivity index (χ2n) is 3.79. The second kappa shape index (κ2) is 5.68.